The summed E-state index contributed by atoms with van der Waals surface area (Å²) in [7, 11) is 0. The van der Waals surface area contributed by atoms with E-state index < -0.39 is 5.60 Å². The average molecular weight is 440 g/mol. The van der Waals surface area contributed by atoms with Gasteiger partial charge in [-0.2, -0.15) is 0 Å². The minimum atomic E-state index is -0.694. The van der Waals surface area contributed by atoms with E-state index in [1.165, 1.54) is 62.9 Å². The highest BCUT2D eigenvalue weighted by Gasteiger charge is 2.63. The molecule has 3 saturated heterocycles. The molecule has 2 N–H and O–H groups in total. The number of hydrogen-bond acceptors (Lipinski definition) is 5. The number of hydrogen-bond donors (Lipinski definition) is 2. The average Bonchev–Trinajstić information content (AvgIpc) is 3.63. The van der Waals surface area contributed by atoms with Crippen molar-refractivity contribution in [1.82, 2.24) is 14.7 Å². The molecule has 6 rings (SSSR count). The Morgan fingerprint density at radius 3 is 2.38 bits per heavy atom. The summed E-state index contributed by atoms with van der Waals surface area (Å²) < 4.78 is 0. The maximum absolute atomic E-state index is 12.6. The molecule has 0 radical (unpaired) electrons. The smallest absolute Gasteiger partial charge is 0.115 e. The van der Waals surface area contributed by atoms with E-state index >= 15 is 0 Å². The lowest BCUT2D eigenvalue weighted by molar-refractivity contribution is -0.149. The summed E-state index contributed by atoms with van der Waals surface area (Å²) in [6.45, 7) is 9.10. The lowest BCUT2D eigenvalue weighted by Crippen LogP contribution is -2.71. The molecule has 3 heterocycles. The van der Waals surface area contributed by atoms with Crippen LogP contribution in [0.1, 0.15) is 62.5 Å². The number of fused-ring (bicyclic) bond motifs is 1. The molecule has 0 spiro atoms. The molecule has 3 aliphatic heterocycles. The van der Waals surface area contributed by atoms with Crippen molar-refractivity contribution in [2.24, 2.45) is 5.92 Å². The normalized spacial score (nSPS) is 36.3. The van der Waals surface area contributed by atoms with E-state index in [2.05, 4.69) is 20.8 Å². The molecule has 2 aliphatic carbocycles. The largest absolute Gasteiger partial charge is 0.508 e. The van der Waals surface area contributed by atoms with E-state index in [0.717, 1.165) is 64.3 Å². The molecule has 0 aromatic heterocycles. The standard InChI is InChI=1S/C27H41N3O2/c31-23-7-6-22-18-25-27(32)10-14-29(17-16-28-11-2-1-3-12-28)13-8-26(27,24(22)19-23)9-15-30(25)20-21-4-5-21/h6-7,19,21,25,31-32H,1-5,8-18,20H2/t25-,26+,27-/m1/s1. The number of phenols is 1. The van der Waals surface area contributed by atoms with E-state index in [1.807, 2.05) is 12.1 Å². The fourth-order valence-corrected chi connectivity index (χ4v) is 7.60. The van der Waals surface area contributed by atoms with E-state index in [0.29, 0.717) is 5.75 Å². The van der Waals surface area contributed by atoms with Crippen molar-refractivity contribution in [3.63, 3.8) is 0 Å². The summed E-state index contributed by atoms with van der Waals surface area (Å²) in [5, 5.41) is 22.9. The zero-order valence-corrected chi connectivity index (χ0v) is 19.6. The van der Waals surface area contributed by atoms with Gasteiger partial charge in [0.1, 0.15) is 5.75 Å². The molecule has 4 fully saturated rings. The van der Waals surface area contributed by atoms with Crippen LogP contribution in [-0.2, 0) is 11.8 Å². The van der Waals surface area contributed by atoms with Gasteiger partial charge in [0.2, 0.25) is 0 Å². The van der Waals surface area contributed by atoms with Gasteiger partial charge in [0.25, 0.3) is 0 Å². The van der Waals surface area contributed by atoms with Crippen molar-refractivity contribution in [1.29, 1.82) is 0 Å². The van der Waals surface area contributed by atoms with Crippen LogP contribution in [0.15, 0.2) is 18.2 Å². The van der Waals surface area contributed by atoms with Crippen molar-refractivity contribution in [3.05, 3.63) is 29.3 Å². The molecule has 176 valence electrons. The quantitative estimate of drug-likeness (QED) is 0.739. The number of aliphatic hydroxyl groups is 1. The van der Waals surface area contributed by atoms with E-state index in [1.54, 1.807) is 0 Å². The van der Waals surface area contributed by atoms with Crippen LogP contribution in [0.25, 0.3) is 0 Å². The number of aromatic hydroxyl groups is 1. The van der Waals surface area contributed by atoms with Gasteiger partial charge in [-0.1, -0.05) is 12.5 Å². The Labute approximate surface area is 193 Å². The van der Waals surface area contributed by atoms with E-state index in [9.17, 15) is 10.2 Å². The Bertz CT molecular complexity index is 836. The van der Waals surface area contributed by atoms with Crippen LogP contribution in [0.3, 0.4) is 0 Å². The Morgan fingerprint density at radius 1 is 0.875 bits per heavy atom. The van der Waals surface area contributed by atoms with Crippen LogP contribution in [-0.4, -0.2) is 88.9 Å². The SMILES string of the molecule is Oc1ccc2c(c1)[C@@]13CCN(CCN4CCCCC4)CC[C@@]1(O)[C@@H](C2)N(CC1CC1)CC3. The third-order valence-electron chi connectivity index (χ3n) is 9.70. The minimum Gasteiger partial charge on any atom is -0.508 e. The van der Waals surface area contributed by atoms with Crippen LogP contribution in [0, 0.1) is 5.92 Å². The van der Waals surface area contributed by atoms with Gasteiger partial charge in [-0.3, -0.25) is 4.90 Å². The monoisotopic (exact) mass is 439 g/mol. The van der Waals surface area contributed by atoms with Crippen LogP contribution < -0.4 is 0 Å². The molecule has 0 unspecified atom stereocenters. The number of nitrogens with zero attached hydrogens (tertiary/aromatic N) is 3. The Hall–Kier alpha value is -1.14. The lowest BCUT2D eigenvalue weighted by atomic mass is 9.52. The second-order valence-corrected chi connectivity index (χ2v) is 11.5. The summed E-state index contributed by atoms with van der Waals surface area (Å²) in [4.78, 5) is 7.91. The fraction of sp³-hybridized carbons (Fsp3) is 0.778. The number of phenolic OH excluding ortho intramolecular Hbond substituents is 1. The van der Waals surface area contributed by atoms with Crippen molar-refractivity contribution in [2.75, 3.05) is 52.4 Å². The van der Waals surface area contributed by atoms with Crippen molar-refractivity contribution in [3.8, 4) is 5.75 Å². The maximum atomic E-state index is 12.6. The van der Waals surface area contributed by atoms with Crippen LogP contribution in [0.2, 0.25) is 0 Å². The first-order valence-electron chi connectivity index (χ1n) is 13.3. The lowest BCUT2D eigenvalue weighted by Gasteiger charge is -2.61. The molecule has 0 amide bonds. The predicted molar refractivity (Wildman–Crippen MR) is 127 cm³/mol. The number of likely N-dealkylation sites (tertiary alicyclic amines) is 3. The summed E-state index contributed by atoms with van der Waals surface area (Å²) in [5.74, 6) is 1.20. The highest BCUT2D eigenvalue weighted by Crippen LogP contribution is 2.56. The molecule has 1 aromatic rings. The summed E-state index contributed by atoms with van der Waals surface area (Å²) in [6.07, 6.45) is 10.6. The molecule has 3 atom stereocenters. The fourth-order valence-electron chi connectivity index (χ4n) is 7.60. The van der Waals surface area contributed by atoms with Gasteiger partial charge >= 0.3 is 0 Å². The summed E-state index contributed by atoms with van der Waals surface area (Å²) >= 11 is 0. The molecule has 1 saturated carbocycles. The molecule has 5 heteroatoms. The van der Waals surface area contributed by atoms with Gasteiger partial charge in [0.15, 0.2) is 0 Å². The summed E-state index contributed by atoms with van der Waals surface area (Å²) in [6, 6.07) is 6.20. The third-order valence-corrected chi connectivity index (χ3v) is 9.70. The van der Waals surface area contributed by atoms with Gasteiger partial charge in [-0.05, 0) is 107 Å². The zero-order chi connectivity index (χ0) is 21.8. The first-order valence-corrected chi connectivity index (χ1v) is 13.3. The molecular weight excluding hydrogens is 398 g/mol. The van der Waals surface area contributed by atoms with Crippen molar-refractivity contribution in [2.45, 2.75) is 74.8 Å². The van der Waals surface area contributed by atoms with Gasteiger partial charge < -0.3 is 20.0 Å². The van der Waals surface area contributed by atoms with E-state index in [-0.39, 0.29) is 11.5 Å². The Balaban J connectivity index is 1.28. The second-order valence-electron chi connectivity index (χ2n) is 11.5. The first-order chi connectivity index (χ1) is 15.6. The molecule has 1 aromatic carbocycles. The zero-order valence-electron chi connectivity index (χ0n) is 19.6. The van der Waals surface area contributed by atoms with Crippen LogP contribution in [0.5, 0.6) is 5.75 Å². The second kappa shape index (κ2) is 8.26. The number of piperidine rings is 2. The molecule has 2 bridgehead atoms. The molecular formula is C27H41N3O2. The van der Waals surface area contributed by atoms with Gasteiger partial charge in [0.05, 0.1) is 5.60 Å². The molecule has 5 aliphatic rings. The Kier molecular flexibility index (Phi) is 5.53. The third kappa shape index (κ3) is 3.60. The topological polar surface area (TPSA) is 50.2 Å². The number of benzene rings is 1. The van der Waals surface area contributed by atoms with Gasteiger partial charge in [-0.25, -0.2) is 0 Å². The van der Waals surface area contributed by atoms with Crippen LogP contribution in [0.4, 0.5) is 0 Å². The maximum Gasteiger partial charge on any atom is 0.115 e. The highest BCUT2D eigenvalue weighted by atomic mass is 16.3. The van der Waals surface area contributed by atoms with Gasteiger partial charge in [-0.15, -0.1) is 0 Å². The molecule has 32 heavy (non-hydrogen) atoms. The van der Waals surface area contributed by atoms with Crippen molar-refractivity contribution < 1.29 is 10.2 Å². The summed E-state index contributed by atoms with van der Waals surface area (Å²) in [5.41, 5.74) is 1.70. The Morgan fingerprint density at radius 2 is 1.59 bits per heavy atom. The minimum absolute atomic E-state index is 0.218. The van der Waals surface area contributed by atoms with Crippen molar-refractivity contribution >= 4 is 0 Å². The van der Waals surface area contributed by atoms with Gasteiger partial charge in [0, 0.05) is 37.6 Å². The van der Waals surface area contributed by atoms with Crippen LogP contribution >= 0.6 is 0 Å². The molecule has 5 nitrogen and oxygen atoms in total. The number of rotatable bonds is 5. The highest BCUT2D eigenvalue weighted by molar-refractivity contribution is 5.48. The predicted octanol–water partition coefficient (Wildman–Crippen LogP) is 2.98. The first kappa shape index (κ1) is 21.4. The van der Waals surface area contributed by atoms with E-state index in [4.69, 9.17) is 0 Å².